The molecule has 2 N–H and O–H groups in total. The molecule has 1 rings (SSSR count). The molecule has 0 radical (unpaired) electrons. The lowest BCUT2D eigenvalue weighted by Gasteiger charge is -2.14. The number of carboxylic acid groups (broad SMARTS) is 1. The van der Waals surface area contributed by atoms with Gasteiger partial charge < -0.3 is 10.4 Å². The fraction of sp³-hybridized carbons (Fsp3) is 0.385. The second-order valence-corrected chi connectivity index (χ2v) is 4.10. The lowest BCUT2D eigenvalue weighted by atomic mass is 10.1. The zero-order chi connectivity index (χ0) is 12.8. The summed E-state index contributed by atoms with van der Waals surface area (Å²) >= 11 is 0. The first-order valence-electron chi connectivity index (χ1n) is 5.57. The van der Waals surface area contributed by atoms with Crippen molar-refractivity contribution in [1.29, 1.82) is 0 Å². The van der Waals surface area contributed by atoms with Crippen molar-refractivity contribution in [3.8, 4) is 0 Å². The Balaban J connectivity index is 2.51. The SMILES string of the molecule is Cc1cccc([C@@H](C)NC(=O)CCC(=O)O)c1. The van der Waals surface area contributed by atoms with Gasteiger partial charge in [0.2, 0.25) is 5.91 Å². The monoisotopic (exact) mass is 235 g/mol. The van der Waals surface area contributed by atoms with Crippen molar-refractivity contribution in [1.82, 2.24) is 5.32 Å². The fourth-order valence-corrected chi connectivity index (χ4v) is 1.56. The van der Waals surface area contributed by atoms with E-state index in [2.05, 4.69) is 5.32 Å². The summed E-state index contributed by atoms with van der Waals surface area (Å²) in [5.74, 6) is -1.19. The van der Waals surface area contributed by atoms with Gasteiger partial charge in [-0.1, -0.05) is 29.8 Å². The van der Waals surface area contributed by atoms with E-state index in [1.165, 1.54) is 0 Å². The summed E-state index contributed by atoms with van der Waals surface area (Å²) in [4.78, 5) is 21.8. The quantitative estimate of drug-likeness (QED) is 0.820. The van der Waals surface area contributed by atoms with Crippen LogP contribution in [0.2, 0.25) is 0 Å². The molecule has 1 amide bonds. The zero-order valence-corrected chi connectivity index (χ0v) is 10.1. The molecule has 0 saturated carbocycles. The van der Waals surface area contributed by atoms with E-state index < -0.39 is 5.97 Å². The highest BCUT2D eigenvalue weighted by Crippen LogP contribution is 2.13. The minimum absolute atomic E-state index is 0.0193. The molecule has 0 fully saturated rings. The minimum Gasteiger partial charge on any atom is -0.481 e. The van der Waals surface area contributed by atoms with Crippen LogP contribution in [0.15, 0.2) is 24.3 Å². The number of nitrogens with one attached hydrogen (secondary N) is 1. The minimum atomic E-state index is -0.955. The van der Waals surface area contributed by atoms with Crippen molar-refractivity contribution in [3.63, 3.8) is 0 Å². The molecule has 1 aromatic carbocycles. The van der Waals surface area contributed by atoms with Gasteiger partial charge in [0.25, 0.3) is 0 Å². The van der Waals surface area contributed by atoms with Gasteiger partial charge in [-0.25, -0.2) is 0 Å². The van der Waals surface area contributed by atoms with Gasteiger partial charge >= 0.3 is 5.97 Å². The molecule has 0 bridgehead atoms. The van der Waals surface area contributed by atoms with Crippen LogP contribution in [-0.2, 0) is 9.59 Å². The maximum Gasteiger partial charge on any atom is 0.303 e. The van der Waals surface area contributed by atoms with Crippen LogP contribution >= 0.6 is 0 Å². The number of aryl methyl sites for hydroxylation is 1. The first-order valence-corrected chi connectivity index (χ1v) is 5.57. The normalized spacial score (nSPS) is 11.9. The Hall–Kier alpha value is -1.84. The Morgan fingerprint density at radius 3 is 2.65 bits per heavy atom. The number of rotatable bonds is 5. The van der Waals surface area contributed by atoms with E-state index in [1.807, 2.05) is 38.1 Å². The van der Waals surface area contributed by atoms with Crippen LogP contribution in [0, 0.1) is 6.92 Å². The van der Waals surface area contributed by atoms with Crippen molar-refractivity contribution in [2.24, 2.45) is 0 Å². The van der Waals surface area contributed by atoms with Crippen LogP contribution in [0.25, 0.3) is 0 Å². The Morgan fingerprint density at radius 2 is 2.06 bits per heavy atom. The number of hydrogen-bond donors (Lipinski definition) is 2. The van der Waals surface area contributed by atoms with Crippen LogP contribution in [-0.4, -0.2) is 17.0 Å². The highest BCUT2D eigenvalue weighted by molar-refractivity contribution is 5.80. The van der Waals surface area contributed by atoms with Gasteiger partial charge in [-0.2, -0.15) is 0 Å². The third kappa shape index (κ3) is 4.68. The molecule has 1 atom stereocenters. The number of hydrogen-bond acceptors (Lipinski definition) is 2. The third-order valence-corrected chi connectivity index (χ3v) is 2.49. The lowest BCUT2D eigenvalue weighted by Crippen LogP contribution is -2.26. The molecule has 0 saturated heterocycles. The second kappa shape index (κ2) is 6.03. The predicted octanol–water partition coefficient (Wildman–Crippen LogP) is 2.04. The molecule has 17 heavy (non-hydrogen) atoms. The highest BCUT2D eigenvalue weighted by Gasteiger charge is 2.10. The van der Waals surface area contributed by atoms with Gasteiger partial charge in [0.1, 0.15) is 0 Å². The van der Waals surface area contributed by atoms with E-state index in [9.17, 15) is 9.59 Å². The first-order chi connectivity index (χ1) is 7.99. The van der Waals surface area contributed by atoms with E-state index >= 15 is 0 Å². The first kappa shape index (κ1) is 13.2. The van der Waals surface area contributed by atoms with Crippen molar-refractivity contribution in [2.75, 3.05) is 0 Å². The maximum absolute atomic E-state index is 11.4. The average molecular weight is 235 g/mol. The molecule has 0 unspecified atom stereocenters. The summed E-state index contributed by atoms with van der Waals surface area (Å²) < 4.78 is 0. The molecule has 1 aromatic rings. The van der Waals surface area contributed by atoms with Crippen LogP contribution < -0.4 is 5.32 Å². The van der Waals surface area contributed by atoms with E-state index in [-0.39, 0.29) is 24.8 Å². The molecule has 0 aliphatic heterocycles. The largest absolute Gasteiger partial charge is 0.481 e. The number of amides is 1. The van der Waals surface area contributed by atoms with Gasteiger partial charge in [0.15, 0.2) is 0 Å². The van der Waals surface area contributed by atoms with E-state index in [4.69, 9.17) is 5.11 Å². The van der Waals surface area contributed by atoms with Crippen LogP contribution in [0.4, 0.5) is 0 Å². The summed E-state index contributed by atoms with van der Waals surface area (Å²) in [5, 5.41) is 11.2. The smallest absolute Gasteiger partial charge is 0.303 e. The standard InChI is InChI=1S/C13H17NO3/c1-9-4-3-5-11(8-9)10(2)14-12(15)6-7-13(16)17/h3-5,8,10H,6-7H2,1-2H3,(H,14,15)(H,16,17)/t10-/m1/s1. The molecule has 0 aliphatic carbocycles. The van der Waals surface area contributed by atoms with Gasteiger partial charge in [-0.15, -0.1) is 0 Å². The van der Waals surface area contributed by atoms with Crippen molar-refractivity contribution in [2.45, 2.75) is 32.7 Å². The molecule has 4 heteroatoms. The second-order valence-electron chi connectivity index (χ2n) is 4.10. The van der Waals surface area contributed by atoms with Crippen LogP contribution in [0.1, 0.15) is 36.9 Å². The highest BCUT2D eigenvalue weighted by atomic mass is 16.4. The zero-order valence-electron chi connectivity index (χ0n) is 10.1. The molecule has 0 heterocycles. The molecule has 0 spiro atoms. The molecule has 4 nitrogen and oxygen atoms in total. The third-order valence-electron chi connectivity index (χ3n) is 2.49. The Kier molecular flexibility index (Phi) is 4.69. The molecule has 0 aromatic heterocycles. The summed E-state index contributed by atoms with van der Waals surface area (Å²) in [7, 11) is 0. The van der Waals surface area contributed by atoms with Gasteiger partial charge in [-0.05, 0) is 19.4 Å². The molecule has 92 valence electrons. The van der Waals surface area contributed by atoms with Crippen LogP contribution in [0.5, 0.6) is 0 Å². The predicted molar refractivity (Wildman–Crippen MR) is 64.6 cm³/mol. The van der Waals surface area contributed by atoms with Gasteiger partial charge in [0, 0.05) is 6.42 Å². The van der Waals surface area contributed by atoms with Gasteiger partial charge in [0.05, 0.1) is 12.5 Å². The van der Waals surface area contributed by atoms with E-state index in [0.717, 1.165) is 11.1 Å². The number of carbonyl (C=O) groups excluding carboxylic acids is 1. The average Bonchev–Trinajstić information content (AvgIpc) is 2.26. The maximum atomic E-state index is 11.4. The number of benzene rings is 1. The van der Waals surface area contributed by atoms with Gasteiger partial charge in [-0.3, -0.25) is 9.59 Å². The van der Waals surface area contributed by atoms with Crippen molar-refractivity contribution in [3.05, 3.63) is 35.4 Å². The Bertz CT molecular complexity index is 415. The topological polar surface area (TPSA) is 66.4 Å². The fourth-order valence-electron chi connectivity index (χ4n) is 1.56. The molecular formula is C13H17NO3. The summed E-state index contributed by atoms with van der Waals surface area (Å²) in [5.41, 5.74) is 2.16. The Morgan fingerprint density at radius 1 is 1.35 bits per heavy atom. The van der Waals surface area contributed by atoms with Crippen molar-refractivity contribution >= 4 is 11.9 Å². The summed E-state index contributed by atoms with van der Waals surface area (Å²) in [6, 6.07) is 7.76. The molecule has 0 aliphatic rings. The van der Waals surface area contributed by atoms with Crippen molar-refractivity contribution < 1.29 is 14.7 Å². The lowest BCUT2D eigenvalue weighted by molar-refractivity contribution is -0.138. The van der Waals surface area contributed by atoms with Crippen LogP contribution in [0.3, 0.4) is 0 Å². The van der Waals surface area contributed by atoms with E-state index in [1.54, 1.807) is 0 Å². The number of aliphatic carboxylic acids is 1. The van der Waals surface area contributed by atoms with E-state index in [0.29, 0.717) is 0 Å². The number of carbonyl (C=O) groups is 2. The summed E-state index contributed by atoms with van der Waals surface area (Å²) in [6.07, 6.45) is -0.113. The molecular weight excluding hydrogens is 218 g/mol. The summed E-state index contributed by atoms with van der Waals surface area (Å²) in [6.45, 7) is 3.87. The Labute approximate surface area is 101 Å². The number of carboxylic acids is 1.